The first kappa shape index (κ1) is 17.6. The van der Waals surface area contributed by atoms with E-state index < -0.39 is 18.0 Å². The van der Waals surface area contributed by atoms with Gasteiger partial charge in [-0.15, -0.1) is 0 Å². The number of piperidine rings is 1. The summed E-state index contributed by atoms with van der Waals surface area (Å²) in [4.78, 5) is 25.6. The van der Waals surface area contributed by atoms with Gasteiger partial charge in [0.1, 0.15) is 6.61 Å². The van der Waals surface area contributed by atoms with Gasteiger partial charge in [0.25, 0.3) is 0 Å². The Morgan fingerprint density at radius 3 is 2.26 bits per heavy atom. The smallest absolute Gasteiger partial charge is 0.410 e. The Kier molecular flexibility index (Phi) is 4.60. The second kappa shape index (κ2) is 7.06. The molecule has 0 spiro atoms. The minimum atomic E-state index is -0.848. The standard InChI is InChI=1S/C22H23NO4/c1-14-15(21(24)25)11-6-12-23(14)22(26)27-13-20-18-9-4-2-7-16(18)17-8-3-5-10-19(17)20/h2-5,7-10,14-15,20H,6,11-13H2,1H3,(H,24,25). The largest absolute Gasteiger partial charge is 0.481 e. The Bertz CT molecular complexity index is 833. The van der Waals surface area contributed by atoms with E-state index in [1.54, 1.807) is 11.8 Å². The summed E-state index contributed by atoms with van der Waals surface area (Å²) in [5.74, 6) is -1.37. The van der Waals surface area contributed by atoms with Gasteiger partial charge in [-0.05, 0) is 42.0 Å². The SMILES string of the molecule is CC1C(C(=O)O)CCCN1C(=O)OCC1c2ccccc2-c2ccccc21. The minimum Gasteiger partial charge on any atom is -0.481 e. The van der Waals surface area contributed by atoms with Crippen LogP contribution in [-0.2, 0) is 9.53 Å². The van der Waals surface area contributed by atoms with Gasteiger partial charge in [0, 0.05) is 18.5 Å². The van der Waals surface area contributed by atoms with E-state index >= 15 is 0 Å². The fourth-order valence-electron chi connectivity index (χ4n) is 4.41. The van der Waals surface area contributed by atoms with Crippen molar-refractivity contribution >= 4 is 12.1 Å². The summed E-state index contributed by atoms with van der Waals surface area (Å²) < 4.78 is 5.67. The van der Waals surface area contributed by atoms with Crippen molar-refractivity contribution in [2.24, 2.45) is 5.92 Å². The summed E-state index contributed by atoms with van der Waals surface area (Å²) >= 11 is 0. The van der Waals surface area contributed by atoms with Crippen molar-refractivity contribution in [3.05, 3.63) is 59.7 Å². The van der Waals surface area contributed by atoms with E-state index in [1.165, 1.54) is 22.3 Å². The summed E-state index contributed by atoms with van der Waals surface area (Å²) in [6, 6.07) is 16.0. The highest BCUT2D eigenvalue weighted by atomic mass is 16.6. The lowest BCUT2D eigenvalue weighted by molar-refractivity contribution is -0.145. The zero-order valence-corrected chi connectivity index (χ0v) is 15.3. The van der Waals surface area contributed by atoms with Crippen LogP contribution >= 0.6 is 0 Å². The molecule has 1 amide bonds. The number of benzene rings is 2. The van der Waals surface area contributed by atoms with Crippen LogP contribution in [0.4, 0.5) is 4.79 Å². The lowest BCUT2D eigenvalue weighted by atomic mass is 9.91. The fraction of sp³-hybridized carbons (Fsp3) is 0.364. The highest BCUT2D eigenvalue weighted by molar-refractivity contribution is 5.79. The van der Waals surface area contributed by atoms with Crippen LogP contribution in [0.1, 0.15) is 36.8 Å². The molecule has 0 bridgehead atoms. The van der Waals surface area contributed by atoms with Crippen molar-refractivity contribution in [3.63, 3.8) is 0 Å². The van der Waals surface area contributed by atoms with Crippen molar-refractivity contribution in [1.29, 1.82) is 0 Å². The normalized spacial score (nSPS) is 21.4. The molecule has 1 aliphatic carbocycles. The van der Waals surface area contributed by atoms with Gasteiger partial charge in [-0.25, -0.2) is 4.79 Å². The van der Waals surface area contributed by atoms with Crippen LogP contribution in [0.2, 0.25) is 0 Å². The molecule has 4 rings (SSSR count). The Morgan fingerprint density at radius 2 is 1.67 bits per heavy atom. The second-order valence-corrected chi connectivity index (χ2v) is 7.32. The van der Waals surface area contributed by atoms with Crippen LogP contribution in [0.25, 0.3) is 11.1 Å². The number of carboxylic acids is 1. The monoisotopic (exact) mass is 365 g/mol. The van der Waals surface area contributed by atoms with Crippen molar-refractivity contribution in [1.82, 2.24) is 4.90 Å². The number of fused-ring (bicyclic) bond motifs is 3. The molecule has 0 aromatic heterocycles. The molecule has 1 heterocycles. The van der Waals surface area contributed by atoms with Crippen LogP contribution in [0, 0.1) is 5.92 Å². The van der Waals surface area contributed by atoms with Crippen LogP contribution < -0.4 is 0 Å². The van der Waals surface area contributed by atoms with E-state index in [0.717, 1.165) is 0 Å². The number of carbonyl (C=O) groups excluding carboxylic acids is 1. The second-order valence-electron chi connectivity index (χ2n) is 7.32. The van der Waals surface area contributed by atoms with E-state index in [-0.39, 0.29) is 18.6 Å². The number of hydrogen-bond donors (Lipinski definition) is 1. The lowest BCUT2D eigenvalue weighted by Crippen LogP contribution is -2.49. The highest BCUT2D eigenvalue weighted by Gasteiger charge is 2.37. The molecule has 0 radical (unpaired) electrons. The molecule has 2 atom stereocenters. The Morgan fingerprint density at radius 1 is 1.07 bits per heavy atom. The van der Waals surface area contributed by atoms with E-state index in [4.69, 9.17) is 4.74 Å². The molecule has 5 nitrogen and oxygen atoms in total. The Balaban J connectivity index is 1.50. The maximum Gasteiger partial charge on any atom is 0.410 e. The van der Waals surface area contributed by atoms with Crippen LogP contribution in [0.3, 0.4) is 0 Å². The number of ether oxygens (including phenoxy) is 1. The third kappa shape index (κ3) is 3.07. The molecule has 2 aliphatic rings. The molecule has 2 aromatic carbocycles. The van der Waals surface area contributed by atoms with Crippen molar-refractivity contribution < 1.29 is 19.4 Å². The van der Waals surface area contributed by atoms with Crippen molar-refractivity contribution in [2.75, 3.05) is 13.2 Å². The van der Waals surface area contributed by atoms with Gasteiger partial charge < -0.3 is 14.7 Å². The predicted molar refractivity (Wildman–Crippen MR) is 102 cm³/mol. The number of carboxylic acid groups (broad SMARTS) is 1. The topological polar surface area (TPSA) is 66.8 Å². The molecule has 1 N–H and O–H groups in total. The summed E-state index contributed by atoms with van der Waals surface area (Å²) in [7, 11) is 0. The zero-order chi connectivity index (χ0) is 19.0. The van der Waals surface area contributed by atoms with Gasteiger partial charge in [0.2, 0.25) is 0 Å². The summed E-state index contributed by atoms with van der Waals surface area (Å²) in [5, 5.41) is 9.35. The van der Waals surface area contributed by atoms with Gasteiger partial charge in [-0.2, -0.15) is 0 Å². The van der Waals surface area contributed by atoms with Gasteiger partial charge in [-0.3, -0.25) is 4.79 Å². The molecule has 27 heavy (non-hydrogen) atoms. The highest BCUT2D eigenvalue weighted by Crippen LogP contribution is 2.44. The molecule has 2 aromatic rings. The summed E-state index contributed by atoms with van der Waals surface area (Å²) in [6.07, 6.45) is 0.866. The molecule has 2 unspecified atom stereocenters. The van der Waals surface area contributed by atoms with Crippen molar-refractivity contribution in [2.45, 2.75) is 31.7 Å². The first-order valence-electron chi connectivity index (χ1n) is 9.42. The third-order valence-corrected chi connectivity index (χ3v) is 5.88. The molecule has 1 aliphatic heterocycles. The van der Waals surface area contributed by atoms with Gasteiger partial charge in [0.15, 0.2) is 0 Å². The number of rotatable bonds is 3. The number of hydrogen-bond acceptors (Lipinski definition) is 3. The molecular formula is C22H23NO4. The summed E-state index contributed by atoms with van der Waals surface area (Å²) in [5.41, 5.74) is 4.71. The number of aliphatic carboxylic acids is 1. The summed E-state index contributed by atoms with van der Waals surface area (Å²) in [6.45, 7) is 2.59. The zero-order valence-electron chi connectivity index (χ0n) is 15.3. The first-order valence-corrected chi connectivity index (χ1v) is 9.42. The van der Waals surface area contributed by atoms with E-state index in [9.17, 15) is 14.7 Å². The maximum atomic E-state index is 12.7. The third-order valence-electron chi connectivity index (χ3n) is 5.88. The van der Waals surface area contributed by atoms with E-state index in [1.807, 2.05) is 24.3 Å². The van der Waals surface area contributed by atoms with Crippen LogP contribution in [0.5, 0.6) is 0 Å². The van der Waals surface area contributed by atoms with Gasteiger partial charge in [0.05, 0.1) is 5.92 Å². The predicted octanol–water partition coefficient (Wildman–Crippen LogP) is 4.12. The van der Waals surface area contributed by atoms with E-state index in [2.05, 4.69) is 24.3 Å². The van der Waals surface area contributed by atoms with Gasteiger partial charge in [-0.1, -0.05) is 48.5 Å². The molecule has 5 heteroatoms. The van der Waals surface area contributed by atoms with Crippen LogP contribution in [0.15, 0.2) is 48.5 Å². The average molecular weight is 365 g/mol. The Labute approximate surface area is 158 Å². The number of carbonyl (C=O) groups is 2. The fourth-order valence-corrected chi connectivity index (χ4v) is 4.41. The van der Waals surface area contributed by atoms with Crippen LogP contribution in [-0.4, -0.2) is 41.3 Å². The number of nitrogens with zero attached hydrogens (tertiary/aromatic N) is 1. The molecule has 140 valence electrons. The molecule has 1 fully saturated rings. The van der Waals surface area contributed by atoms with Crippen molar-refractivity contribution in [3.8, 4) is 11.1 Å². The maximum absolute atomic E-state index is 12.7. The van der Waals surface area contributed by atoms with Gasteiger partial charge >= 0.3 is 12.1 Å². The molecule has 0 saturated carbocycles. The van der Waals surface area contributed by atoms with E-state index in [0.29, 0.717) is 19.4 Å². The number of likely N-dealkylation sites (tertiary alicyclic amines) is 1. The first-order chi connectivity index (χ1) is 13.1. The Hall–Kier alpha value is -2.82. The molecule has 1 saturated heterocycles. The molecular weight excluding hydrogens is 342 g/mol. The average Bonchev–Trinajstić information content (AvgIpc) is 3.00. The minimum absolute atomic E-state index is 0.0108. The quantitative estimate of drug-likeness (QED) is 0.888. The lowest BCUT2D eigenvalue weighted by Gasteiger charge is -2.36. The number of amides is 1.